The smallest absolute Gasteiger partial charge is 0.332 e. The first-order valence-electron chi connectivity index (χ1n) is 10.4. The molecular weight excluding hydrogens is 442 g/mol. The first kappa shape index (κ1) is 24.4. The van der Waals surface area contributed by atoms with Crippen molar-refractivity contribution >= 4 is 23.1 Å². The molecule has 0 unspecified atom stereocenters. The second-order valence-corrected chi connectivity index (χ2v) is 7.28. The van der Waals surface area contributed by atoms with Crippen LogP contribution in [0.3, 0.4) is 0 Å². The molecule has 11 nitrogen and oxygen atoms in total. The van der Waals surface area contributed by atoms with Crippen LogP contribution in [-0.2, 0) is 25.4 Å². The van der Waals surface area contributed by atoms with Crippen LogP contribution < -0.4 is 30.8 Å². The van der Waals surface area contributed by atoms with E-state index in [9.17, 15) is 14.4 Å². The van der Waals surface area contributed by atoms with E-state index in [-0.39, 0.29) is 12.5 Å². The van der Waals surface area contributed by atoms with Crippen molar-refractivity contribution in [3.05, 3.63) is 63.1 Å². The van der Waals surface area contributed by atoms with Crippen molar-refractivity contribution in [1.82, 2.24) is 24.0 Å². The SMILES string of the molecule is COc1cc(/C=C/C=C/C(=O)NCCn2cnc3c2c(=O)n(C)c(=O)n3C)cc(OC)c1OC. The average Bonchev–Trinajstić information content (AvgIpc) is 3.27. The van der Waals surface area contributed by atoms with Gasteiger partial charge in [-0.05, 0) is 17.7 Å². The lowest BCUT2D eigenvalue weighted by Gasteiger charge is -2.12. The highest BCUT2D eigenvalue weighted by Crippen LogP contribution is 2.38. The van der Waals surface area contributed by atoms with Crippen molar-refractivity contribution in [3.8, 4) is 17.2 Å². The highest BCUT2D eigenvalue weighted by Gasteiger charge is 2.14. The van der Waals surface area contributed by atoms with E-state index in [0.29, 0.717) is 35.0 Å². The normalized spacial score (nSPS) is 11.4. The van der Waals surface area contributed by atoms with E-state index in [1.807, 2.05) is 0 Å². The van der Waals surface area contributed by atoms with Crippen molar-refractivity contribution in [2.75, 3.05) is 27.9 Å². The number of carbonyl (C=O) groups excluding carboxylic acids is 1. The molecule has 11 heteroatoms. The zero-order valence-corrected chi connectivity index (χ0v) is 19.7. The fourth-order valence-electron chi connectivity index (χ4n) is 3.43. The fraction of sp³-hybridized carbons (Fsp3) is 0.304. The van der Waals surface area contributed by atoms with Gasteiger partial charge in [0.2, 0.25) is 11.7 Å². The van der Waals surface area contributed by atoms with Gasteiger partial charge in [0, 0.05) is 33.3 Å². The molecule has 0 aliphatic heterocycles. The van der Waals surface area contributed by atoms with Gasteiger partial charge in [0.25, 0.3) is 5.56 Å². The van der Waals surface area contributed by atoms with Gasteiger partial charge in [-0.15, -0.1) is 0 Å². The van der Waals surface area contributed by atoms with Gasteiger partial charge in [-0.1, -0.05) is 18.2 Å². The Morgan fingerprint density at radius 3 is 2.32 bits per heavy atom. The van der Waals surface area contributed by atoms with Crippen LogP contribution in [0.15, 0.2) is 46.3 Å². The van der Waals surface area contributed by atoms with Crippen LogP contribution in [0.25, 0.3) is 17.2 Å². The Morgan fingerprint density at radius 1 is 1.03 bits per heavy atom. The van der Waals surface area contributed by atoms with Crippen LogP contribution in [0.1, 0.15) is 5.56 Å². The van der Waals surface area contributed by atoms with Crippen molar-refractivity contribution < 1.29 is 19.0 Å². The summed E-state index contributed by atoms with van der Waals surface area (Å²) in [6.45, 7) is 0.599. The molecule has 1 N–H and O–H groups in total. The third kappa shape index (κ3) is 4.87. The minimum absolute atomic E-state index is 0.275. The number of rotatable bonds is 9. The molecule has 2 aromatic heterocycles. The van der Waals surface area contributed by atoms with Crippen molar-refractivity contribution in [1.29, 1.82) is 0 Å². The number of aryl methyl sites for hydroxylation is 1. The Balaban J connectivity index is 1.61. The summed E-state index contributed by atoms with van der Waals surface area (Å²) in [6, 6.07) is 3.59. The summed E-state index contributed by atoms with van der Waals surface area (Å²) in [5.41, 5.74) is 0.543. The molecule has 1 aromatic carbocycles. The van der Waals surface area contributed by atoms with Gasteiger partial charge in [-0.2, -0.15) is 0 Å². The number of hydrogen-bond donors (Lipinski definition) is 1. The third-order valence-electron chi connectivity index (χ3n) is 5.20. The number of aromatic nitrogens is 4. The minimum atomic E-state index is -0.444. The number of nitrogens with one attached hydrogen (secondary N) is 1. The summed E-state index contributed by atoms with van der Waals surface area (Å²) in [5, 5.41) is 2.75. The van der Waals surface area contributed by atoms with Crippen LogP contribution in [0, 0.1) is 0 Å². The lowest BCUT2D eigenvalue weighted by Crippen LogP contribution is -2.37. The van der Waals surface area contributed by atoms with Gasteiger partial charge < -0.3 is 24.1 Å². The highest BCUT2D eigenvalue weighted by molar-refractivity contribution is 5.87. The minimum Gasteiger partial charge on any atom is -0.493 e. The third-order valence-corrected chi connectivity index (χ3v) is 5.20. The summed E-state index contributed by atoms with van der Waals surface area (Å²) in [6.07, 6.45) is 7.99. The number of ether oxygens (including phenoxy) is 3. The molecule has 0 saturated carbocycles. The largest absolute Gasteiger partial charge is 0.493 e. The second kappa shape index (κ2) is 10.6. The molecule has 0 aliphatic rings. The van der Waals surface area contributed by atoms with Crippen LogP contribution >= 0.6 is 0 Å². The summed E-state index contributed by atoms with van der Waals surface area (Å²) in [5.74, 6) is 1.28. The van der Waals surface area contributed by atoms with E-state index in [0.717, 1.165) is 10.1 Å². The van der Waals surface area contributed by atoms with Gasteiger partial charge in [0.15, 0.2) is 22.7 Å². The molecule has 3 aromatic rings. The van der Waals surface area contributed by atoms with E-state index < -0.39 is 11.2 Å². The van der Waals surface area contributed by atoms with Gasteiger partial charge in [-0.25, -0.2) is 9.78 Å². The van der Waals surface area contributed by atoms with Crippen LogP contribution in [0.4, 0.5) is 0 Å². The number of methoxy groups -OCH3 is 3. The molecule has 34 heavy (non-hydrogen) atoms. The lowest BCUT2D eigenvalue weighted by molar-refractivity contribution is -0.116. The maximum atomic E-state index is 12.4. The Morgan fingerprint density at radius 2 is 1.71 bits per heavy atom. The molecule has 0 atom stereocenters. The molecule has 2 heterocycles. The molecule has 0 fully saturated rings. The maximum absolute atomic E-state index is 12.4. The fourth-order valence-corrected chi connectivity index (χ4v) is 3.43. The molecule has 0 saturated heterocycles. The molecule has 0 radical (unpaired) electrons. The van der Waals surface area contributed by atoms with Crippen molar-refractivity contribution in [3.63, 3.8) is 0 Å². The first-order valence-corrected chi connectivity index (χ1v) is 10.4. The van der Waals surface area contributed by atoms with E-state index >= 15 is 0 Å². The van der Waals surface area contributed by atoms with Gasteiger partial charge in [0.05, 0.1) is 27.7 Å². The Labute approximate surface area is 195 Å². The zero-order valence-electron chi connectivity index (χ0n) is 19.7. The number of fused-ring (bicyclic) bond motifs is 1. The van der Waals surface area contributed by atoms with E-state index in [4.69, 9.17) is 14.2 Å². The number of benzene rings is 1. The first-order chi connectivity index (χ1) is 16.3. The van der Waals surface area contributed by atoms with Crippen molar-refractivity contribution in [2.24, 2.45) is 14.1 Å². The predicted molar refractivity (Wildman–Crippen MR) is 127 cm³/mol. The summed E-state index contributed by atoms with van der Waals surface area (Å²) >= 11 is 0. The lowest BCUT2D eigenvalue weighted by atomic mass is 10.1. The number of carbonyl (C=O) groups is 1. The Bertz CT molecular complexity index is 1350. The average molecular weight is 469 g/mol. The molecule has 1 amide bonds. The predicted octanol–water partition coefficient (Wildman–Crippen LogP) is 0.845. The number of allylic oxidation sites excluding steroid dienone is 2. The number of hydrogen-bond acceptors (Lipinski definition) is 7. The van der Waals surface area contributed by atoms with Crippen molar-refractivity contribution in [2.45, 2.75) is 6.54 Å². The number of imidazole rings is 1. The van der Waals surface area contributed by atoms with Gasteiger partial charge >= 0.3 is 5.69 Å². The van der Waals surface area contributed by atoms with Crippen LogP contribution in [0.2, 0.25) is 0 Å². The van der Waals surface area contributed by atoms with Gasteiger partial charge in [-0.3, -0.25) is 18.7 Å². The second-order valence-electron chi connectivity index (χ2n) is 7.28. The Hall–Kier alpha value is -4.28. The molecule has 0 bridgehead atoms. The molecular formula is C23H27N5O6. The standard InChI is InChI=1S/C23H27N5O6/c1-26-21-19(22(30)27(2)23(26)31)28(14-25-21)11-10-24-18(29)9-7-6-8-15-12-16(32-3)20(34-5)17(13-15)33-4/h6-9,12-14H,10-11H2,1-5H3,(H,24,29)/b8-6+,9-7+. The van der Waals surface area contributed by atoms with Crippen LogP contribution in [0.5, 0.6) is 17.2 Å². The van der Waals surface area contributed by atoms with E-state index in [2.05, 4.69) is 10.3 Å². The van der Waals surface area contributed by atoms with E-state index in [1.54, 1.807) is 56.2 Å². The molecule has 180 valence electrons. The van der Waals surface area contributed by atoms with Gasteiger partial charge in [0.1, 0.15) is 0 Å². The summed E-state index contributed by atoms with van der Waals surface area (Å²) in [4.78, 5) is 40.7. The number of amides is 1. The molecule has 0 spiro atoms. The zero-order chi connectivity index (χ0) is 24.8. The topological polar surface area (TPSA) is 119 Å². The monoisotopic (exact) mass is 469 g/mol. The highest BCUT2D eigenvalue weighted by atomic mass is 16.5. The molecule has 0 aliphatic carbocycles. The summed E-state index contributed by atoms with van der Waals surface area (Å²) < 4.78 is 19.9. The summed E-state index contributed by atoms with van der Waals surface area (Å²) in [7, 11) is 7.59. The number of nitrogens with zero attached hydrogens (tertiary/aromatic N) is 4. The maximum Gasteiger partial charge on any atom is 0.332 e. The Kier molecular flexibility index (Phi) is 7.57. The van der Waals surface area contributed by atoms with E-state index in [1.165, 1.54) is 31.1 Å². The molecule has 3 rings (SSSR count). The van der Waals surface area contributed by atoms with Crippen LogP contribution in [-0.4, -0.2) is 52.5 Å². The quantitative estimate of drug-likeness (QED) is 0.364.